The van der Waals surface area contributed by atoms with Gasteiger partial charge >= 0.3 is 0 Å². The van der Waals surface area contributed by atoms with Gasteiger partial charge in [-0.25, -0.2) is 0 Å². The molecule has 4 rings (SSSR count). The normalized spacial score (nSPS) is 14.8. The summed E-state index contributed by atoms with van der Waals surface area (Å²) in [7, 11) is 0. The van der Waals surface area contributed by atoms with Crippen LogP contribution in [0.1, 0.15) is 46.4 Å². The van der Waals surface area contributed by atoms with Gasteiger partial charge in [-0.2, -0.15) is 0 Å². The molecule has 4 N–H and O–H groups in total. The van der Waals surface area contributed by atoms with E-state index in [-0.39, 0.29) is 37.4 Å². The Morgan fingerprint density at radius 1 is 0.412 bits per heavy atom. The molecule has 0 aliphatic heterocycles. The average Bonchev–Trinajstić information content (AvgIpc) is 2.92. The first-order valence-corrected chi connectivity index (χ1v) is 11.7. The Labute approximate surface area is 201 Å². The first-order chi connectivity index (χ1) is 16.8. The maximum absolute atomic E-state index is 10.3. The molecule has 34 heavy (non-hydrogen) atoms. The summed E-state index contributed by atoms with van der Waals surface area (Å²) in [5.41, 5.74) is 4.25. The fourth-order valence-corrected chi connectivity index (χ4v) is 4.40. The van der Waals surface area contributed by atoms with Crippen molar-refractivity contribution in [1.29, 1.82) is 0 Å². The van der Waals surface area contributed by atoms with E-state index in [4.69, 9.17) is 0 Å². The molecule has 0 bridgehead atoms. The van der Waals surface area contributed by atoms with E-state index < -0.39 is 0 Å². The lowest BCUT2D eigenvalue weighted by molar-refractivity contribution is 0.198. The second-order valence-electron chi connectivity index (χ2n) is 8.40. The number of nitrogens with one attached hydrogen (secondary N) is 2. The average molecular weight is 453 g/mol. The van der Waals surface area contributed by atoms with Crippen LogP contribution in [-0.2, 0) is 0 Å². The van der Waals surface area contributed by atoms with Gasteiger partial charge in [-0.15, -0.1) is 0 Å². The van der Waals surface area contributed by atoms with Crippen molar-refractivity contribution in [3.63, 3.8) is 0 Å². The Morgan fingerprint density at radius 2 is 0.676 bits per heavy atom. The first kappa shape index (κ1) is 23.9. The van der Waals surface area contributed by atoms with Gasteiger partial charge in [0.05, 0.1) is 37.4 Å². The van der Waals surface area contributed by atoms with E-state index in [2.05, 4.69) is 34.9 Å². The minimum atomic E-state index is -0.247. The molecule has 0 heterocycles. The lowest BCUT2D eigenvalue weighted by atomic mass is 9.90. The van der Waals surface area contributed by atoms with Gasteiger partial charge in [0, 0.05) is 0 Å². The zero-order chi connectivity index (χ0) is 23.6. The Bertz CT molecular complexity index is 1000. The third-order valence-electron chi connectivity index (χ3n) is 6.18. The van der Waals surface area contributed by atoms with Crippen LogP contribution in [0.4, 0.5) is 0 Å². The molecule has 4 nitrogen and oxygen atoms in total. The van der Waals surface area contributed by atoms with Crippen LogP contribution in [0.15, 0.2) is 121 Å². The van der Waals surface area contributed by atoms with Crippen LogP contribution < -0.4 is 10.6 Å². The highest BCUT2D eigenvalue weighted by Crippen LogP contribution is 2.33. The molecular formula is C30H32N2O2. The van der Waals surface area contributed by atoms with Gasteiger partial charge in [0.1, 0.15) is 0 Å². The van der Waals surface area contributed by atoms with Gasteiger partial charge in [0.2, 0.25) is 0 Å². The first-order valence-electron chi connectivity index (χ1n) is 11.7. The summed E-state index contributed by atoms with van der Waals surface area (Å²) in [6.07, 6.45) is 0. The summed E-state index contributed by atoms with van der Waals surface area (Å²) in [6.45, 7) is -0.0616. The van der Waals surface area contributed by atoms with E-state index in [0.29, 0.717) is 0 Å². The third-order valence-corrected chi connectivity index (χ3v) is 6.18. The second-order valence-corrected chi connectivity index (χ2v) is 8.40. The van der Waals surface area contributed by atoms with Gasteiger partial charge in [-0.1, -0.05) is 121 Å². The molecule has 0 radical (unpaired) electrons. The molecule has 4 aromatic carbocycles. The van der Waals surface area contributed by atoms with Crippen LogP contribution in [0.3, 0.4) is 0 Å². The number of hydrogen-bond donors (Lipinski definition) is 4. The Balaban J connectivity index is 1.75. The molecule has 174 valence electrons. The van der Waals surface area contributed by atoms with Crippen LogP contribution in [0.5, 0.6) is 0 Å². The van der Waals surface area contributed by atoms with Gasteiger partial charge in [0.25, 0.3) is 0 Å². The highest BCUT2D eigenvalue weighted by Gasteiger charge is 2.29. The van der Waals surface area contributed by atoms with Crippen molar-refractivity contribution < 1.29 is 10.2 Å². The largest absolute Gasteiger partial charge is 0.394 e. The highest BCUT2D eigenvalue weighted by atomic mass is 16.3. The topological polar surface area (TPSA) is 64.5 Å². The van der Waals surface area contributed by atoms with Crippen LogP contribution >= 0.6 is 0 Å². The van der Waals surface area contributed by atoms with Crippen molar-refractivity contribution in [3.05, 3.63) is 144 Å². The minimum absolute atomic E-state index is 0.0308. The van der Waals surface area contributed by atoms with Crippen LogP contribution in [0, 0.1) is 0 Å². The standard InChI is InChI=1S/C30H32N2O2/c33-21-27(23-13-5-1-6-14-23)31-29(25-17-9-3-10-18-25)30(26-19-11-4-12-20-26)32-28(22-34)24-15-7-2-8-16-24/h1-20,27-34H,21-22H2/t27-,28-,29-,30-/m0/s1. The summed E-state index contributed by atoms with van der Waals surface area (Å²) in [6, 6.07) is 39.7. The lowest BCUT2D eigenvalue weighted by Gasteiger charge is -2.35. The van der Waals surface area contributed by atoms with Gasteiger partial charge in [-0.05, 0) is 22.3 Å². The molecule has 4 atom stereocenters. The number of rotatable bonds is 11. The van der Waals surface area contributed by atoms with Crippen LogP contribution in [-0.4, -0.2) is 23.4 Å². The summed E-state index contributed by atoms with van der Waals surface area (Å²) in [4.78, 5) is 0. The third kappa shape index (κ3) is 5.99. The Morgan fingerprint density at radius 3 is 0.941 bits per heavy atom. The molecule has 0 fully saturated rings. The number of benzene rings is 4. The molecule has 0 unspecified atom stereocenters. The van der Waals surface area contributed by atoms with E-state index >= 15 is 0 Å². The predicted octanol–water partition coefficient (Wildman–Crippen LogP) is 5.12. The van der Waals surface area contributed by atoms with Crippen LogP contribution in [0.25, 0.3) is 0 Å². The number of aliphatic hydroxyl groups excluding tert-OH is 2. The fraction of sp³-hybridized carbons (Fsp3) is 0.200. The lowest BCUT2D eigenvalue weighted by Crippen LogP contribution is -2.40. The van der Waals surface area contributed by atoms with Crippen molar-refractivity contribution in [2.75, 3.05) is 13.2 Å². The van der Waals surface area contributed by atoms with Gasteiger partial charge in [0.15, 0.2) is 0 Å². The van der Waals surface area contributed by atoms with Crippen molar-refractivity contribution >= 4 is 0 Å². The zero-order valence-electron chi connectivity index (χ0n) is 19.2. The quantitative estimate of drug-likeness (QED) is 0.255. The van der Waals surface area contributed by atoms with Crippen molar-refractivity contribution in [2.45, 2.75) is 24.2 Å². The predicted molar refractivity (Wildman–Crippen MR) is 137 cm³/mol. The molecule has 4 aromatic rings. The van der Waals surface area contributed by atoms with E-state index in [1.54, 1.807) is 0 Å². The van der Waals surface area contributed by atoms with Crippen molar-refractivity contribution in [3.8, 4) is 0 Å². The monoisotopic (exact) mass is 452 g/mol. The number of aliphatic hydroxyl groups is 2. The zero-order valence-corrected chi connectivity index (χ0v) is 19.2. The Kier molecular flexibility index (Phi) is 8.60. The Hall–Kier alpha value is -3.28. The molecule has 0 saturated heterocycles. The van der Waals surface area contributed by atoms with Gasteiger partial charge < -0.3 is 10.2 Å². The minimum Gasteiger partial charge on any atom is -0.394 e. The molecule has 0 aromatic heterocycles. The maximum Gasteiger partial charge on any atom is 0.0626 e. The number of hydrogen-bond acceptors (Lipinski definition) is 4. The summed E-state index contributed by atoms with van der Waals surface area (Å²) in [5, 5.41) is 28.1. The highest BCUT2D eigenvalue weighted by molar-refractivity contribution is 5.30. The van der Waals surface area contributed by atoms with Crippen LogP contribution in [0.2, 0.25) is 0 Å². The molecule has 0 aliphatic carbocycles. The van der Waals surface area contributed by atoms with E-state index in [9.17, 15) is 10.2 Å². The SMILES string of the molecule is OC[C@H](N[C@@H](c1ccccc1)[C@@H](N[C@@H](CO)c1ccccc1)c1ccccc1)c1ccccc1. The van der Waals surface area contributed by atoms with E-state index in [1.165, 1.54) is 0 Å². The smallest absolute Gasteiger partial charge is 0.0626 e. The molecule has 0 saturated carbocycles. The van der Waals surface area contributed by atoms with Crippen molar-refractivity contribution in [2.24, 2.45) is 0 Å². The molecular weight excluding hydrogens is 420 g/mol. The summed E-state index contributed by atoms with van der Waals surface area (Å²) in [5.74, 6) is 0. The second kappa shape index (κ2) is 12.3. The molecule has 0 spiro atoms. The maximum atomic E-state index is 10.3. The summed E-state index contributed by atoms with van der Waals surface area (Å²) >= 11 is 0. The molecule has 0 aliphatic rings. The fourth-order valence-electron chi connectivity index (χ4n) is 4.40. The molecule has 0 amide bonds. The molecule has 4 heteroatoms. The van der Waals surface area contributed by atoms with E-state index in [1.807, 2.05) is 97.1 Å². The van der Waals surface area contributed by atoms with E-state index in [0.717, 1.165) is 22.3 Å². The van der Waals surface area contributed by atoms with Crippen molar-refractivity contribution in [1.82, 2.24) is 10.6 Å². The summed E-state index contributed by atoms with van der Waals surface area (Å²) < 4.78 is 0. The van der Waals surface area contributed by atoms with Gasteiger partial charge in [-0.3, -0.25) is 10.6 Å².